The molecule has 0 aliphatic carbocycles. The van der Waals surface area contributed by atoms with Gasteiger partial charge in [-0.25, -0.2) is 0 Å². The van der Waals surface area contributed by atoms with Crippen molar-refractivity contribution in [1.82, 2.24) is 15.0 Å². The lowest BCUT2D eigenvalue weighted by atomic mass is 10.1. The molecule has 0 aromatic carbocycles. The second-order valence-electron chi connectivity index (χ2n) is 4.60. The van der Waals surface area contributed by atoms with Gasteiger partial charge in [0.25, 0.3) is 0 Å². The SMILES string of the molecule is Cl.NC1CCN(Cc2nc(-c3ccco3)no2)CC1. The maximum Gasteiger partial charge on any atom is 0.241 e. The largest absolute Gasteiger partial charge is 0.461 e. The fourth-order valence-electron chi connectivity index (χ4n) is 2.13. The Morgan fingerprint density at radius 1 is 1.37 bits per heavy atom. The molecule has 0 radical (unpaired) electrons. The van der Waals surface area contributed by atoms with Gasteiger partial charge in [0.15, 0.2) is 5.76 Å². The molecule has 1 aliphatic heterocycles. The quantitative estimate of drug-likeness (QED) is 0.923. The van der Waals surface area contributed by atoms with Gasteiger partial charge in [-0.2, -0.15) is 4.98 Å². The van der Waals surface area contributed by atoms with E-state index < -0.39 is 0 Å². The van der Waals surface area contributed by atoms with Crippen LogP contribution >= 0.6 is 12.4 Å². The topological polar surface area (TPSA) is 81.3 Å². The molecule has 2 N–H and O–H groups in total. The summed E-state index contributed by atoms with van der Waals surface area (Å²) in [6.07, 6.45) is 3.65. The van der Waals surface area contributed by atoms with Crippen LogP contribution in [-0.2, 0) is 6.54 Å². The van der Waals surface area contributed by atoms with Crippen molar-refractivity contribution < 1.29 is 8.94 Å². The van der Waals surface area contributed by atoms with Crippen molar-refractivity contribution in [1.29, 1.82) is 0 Å². The number of nitrogens with zero attached hydrogens (tertiary/aromatic N) is 3. The van der Waals surface area contributed by atoms with Gasteiger partial charge in [-0.1, -0.05) is 5.16 Å². The van der Waals surface area contributed by atoms with E-state index in [1.807, 2.05) is 6.07 Å². The number of hydrogen-bond donors (Lipinski definition) is 1. The Morgan fingerprint density at radius 2 is 2.16 bits per heavy atom. The molecule has 3 rings (SSSR count). The molecule has 2 aromatic rings. The minimum absolute atomic E-state index is 0. The van der Waals surface area contributed by atoms with Crippen molar-refractivity contribution in [3.63, 3.8) is 0 Å². The van der Waals surface area contributed by atoms with Crippen molar-refractivity contribution in [2.24, 2.45) is 5.73 Å². The molecule has 0 amide bonds. The number of rotatable bonds is 3. The van der Waals surface area contributed by atoms with E-state index in [-0.39, 0.29) is 12.4 Å². The lowest BCUT2D eigenvalue weighted by Gasteiger charge is -2.28. The number of aromatic nitrogens is 2. The van der Waals surface area contributed by atoms with Crippen LogP contribution in [0, 0.1) is 0 Å². The molecule has 3 heterocycles. The average molecular weight is 285 g/mol. The van der Waals surface area contributed by atoms with Crippen LogP contribution in [0.2, 0.25) is 0 Å². The van der Waals surface area contributed by atoms with Gasteiger partial charge in [0.05, 0.1) is 12.8 Å². The Kier molecular flexibility index (Phi) is 4.57. The van der Waals surface area contributed by atoms with Crippen LogP contribution in [0.25, 0.3) is 11.6 Å². The number of halogens is 1. The fraction of sp³-hybridized carbons (Fsp3) is 0.500. The van der Waals surface area contributed by atoms with E-state index in [0.29, 0.717) is 30.1 Å². The molecule has 6 nitrogen and oxygen atoms in total. The van der Waals surface area contributed by atoms with E-state index in [0.717, 1.165) is 25.9 Å². The highest BCUT2D eigenvalue weighted by Crippen LogP contribution is 2.17. The molecule has 0 unspecified atom stereocenters. The number of piperidine rings is 1. The molecule has 0 saturated carbocycles. The predicted octanol–water partition coefficient (Wildman–Crippen LogP) is 1.67. The highest BCUT2D eigenvalue weighted by atomic mass is 35.5. The monoisotopic (exact) mass is 284 g/mol. The van der Waals surface area contributed by atoms with E-state index >= 15 is 0 Å². The van der Waals surface area contributed by atoms with Crippen LogP contribution in [-0.4, -0.2) is 34.2 Å². The lowest BCUT2D eigenvalue weighted by molar-refractivity contribution is 0.182. The van der Waals surface area contributed by atoms with Crippen molar-refractivity contribution >= 4 is 12.4 Å². The summed E-state index contributed by atoms with van der Waals surface area (Å²) in [6.45, 7) is 2.65. The van der Waals surface area contributed by atoms with E-state index in [4.69, 9.17) is 14.7 Å². The molecular formula is C12H17ClN4O2. The number of hydrogen-bond acceptors (Lipinski definition) is 6. The lowest BCUT2D eigenvalue weighted by Crippen LogP contribution is -2.39. The molecule has 19 heavy (non-hydrogen) atoms. The number of likely N-dealkylation sites (tertiary alicyclic amines) is 1. The zero-order chi connectivity index (χ0) is 12.4. The van der Waals surface area contributed by atoms with Crippen LogP contribution in [0.3, 0.4) is 0 Å². The Bertz CT molecular complexity index is 492. The van der Waals surface area contributed by atoms with Gasteiger partial charge in [-0.05, 0) is 25.0 Å². The molecule has 1 saturated heterocycles. The highest BCUT2D eigenvalue weighted by molar-refractivity contribution is 5.85. The Morgan fingerprint density at radius 3 is 2.84 bits per heavy atom. The summed E-state index contributed by atoms with van der Waals surface area (Å²) in [6, 6.07) is 3.95. The van der Waals surface area contributed by atoms with Crippen LogP contribution < -0.4 is 5.73 Å². The maximum atomic E-state index is 5.87. The van der Waals surface area contributed by atoms with Crippen LogP contribution in [0.4, 0.5) is 0 Å². The minimum Gasteiger partial charge on any atom is -0.461 e. The minimum atomic E-state index is 0. The van der Waals surface area contributed by atoms with E-state index in [9.17, 15) is 0 Å². The summed E-state index contributed by atoms with van der Waals surface area (Å²) in [5.41, 5.74) is 5.87. The first kappa shape index (κ1) is 14.0. The summed E-state index contributed by atoms with van der Waals surface area (Å²) in [4.78, 5) is 6.60. The third kappa shape index (κ3) is 3.34. The second kappa shape index (κ2) is 6.18. The molecule has 0 atom stereocenters. The summed E-state index contributed by atoms with van der Waals surface area (Å²) in [5, 5.41) is 3.91. The summed E-state index contributed by atoms with van der Waals surface area (Å²) >= 11 is 0. The van der Waals surface area contributed by atoms with Gasteiger partial charge in [-0.15, -0.1) is 12.4 Å². The molecule has 0 bridgehead atoms. The van der Waals surface area contributed by atoms with E-state index in [1.165, 1.54) is 0 Å². The van der Waals surface area contributed by atoms with Gasteiger partial charge >= 0.3 is 0 Å². The van der Waals surface area contributed by atoms with E-state index in [1.54, 1.807) is 12.3 Å². The third-order valence-corrected chi connectivity index (χ3v) is 3.20. The fourth-order valence-corrected chi connectivity index (χ4v) is 2.13. The molecule has 2 aromatic heterocycles. The first-order valence-corrected chi connectivity index (χ1v) is 6.15. The zero-order valence-electron chi connectivity index (χ0n) is 10.5. The van der Waals surface area contributed by atoms with Crippen LogP contribution in [0.15, 0.2) is 27.3 Å². The summed E-state index contributed by atoms with van der Waals surface area (Å²) < 4.78 is 10.4. The second-order valence-corrected chi connectivity index (χ2v) is 4.60. The molecule has 1 fully saturated rings. The van der Waals surface area contributed by atoms with Crippen LogP contribution in [0.5, 0.6) is 0 Å². The van der Waals surface area contributed by atoms with Crippen molar-refractivity contribution in [2.75, 3.05) is 13.1 Å². The molecule has 104 valence electrons. The molecule has 1 aliphatic rings. The molecule has 0 spiro atoms. The predicted molar refractivity (Wildman–Crippen MR) is 71.7 cm³/mol. The normalized spacial score (nSPS) is 17.3. The molecule has 7 heteroatoms. The van der Waals surface area contributed by atoms with E-state index in [2.05, 4.69) is 15.0 Å². The third-order valence-electron chi connectivity index (χ3n) is 3.20. The Hall–Kier alpha value is -1.37. The summed E-state index contributed by atoms with van der Waals surface area (Å²) in [7, 11) is 0. The zero-order valence-corrected chi connectivity index (χ0v) is 11.3. The summed E-state index contributed by atoms with van der Waals surface area (Å²) in [5.74, 6) is 1.76. The van der Waals surface area contributed by atoms with Gasteiger partial charge in [0, 0.05) is 19.1 Å². The highest BCUT2D eigenvalue weighted by Gasteiger charge is 2.19. The van der Waals surface area contributed by atoms with Crippen molar-refractivity contribution in [2.45, 2.75) is 25.4 Å². The van der Waals surface area contributed by atoms with Gasteiger partial charge in [0.2, 0.25) is 11.7 Å². The van der Waals surface area contributed by atoms with Crippen molar-refractivity contribution in [3.8, 4) is 11.6 Å². The smallest absolute Gasteiger partial charge is 0.241 e. The van der Waals surface area contributed by atoms with Gasteiger partial charge < -0.3 is 14.7 Å². The van der Waals surface area contributed by atoms with Gasteiger partial charge in [0.1, 0.15) is 0 Å². The first-order valence-electron chi connectivity index (χ1n) is 6.15. The van der Waals surface area contributed by atoms with Gasteiger partial charge in [-0.3, -0.25) is 4.90 Å². The van der Waals surface area contributed by atoms with Crippen molar-refractivity contribution in [3.05, 3.63) is 24.3 Å². The Labute approximate surface area is 117 Å². The average Bonchev–Trinajstić information content (AvgIpc) is 3.02. The Balaban J connectivity index is 0.00000133. The maximum absolute atomic E-state index is 5.87. The number of furan rings is 1. The molecular weight excluding hydrogens is 268 g/mol. The first-order chi connectivity index (χ1) is 8.81. The van der Waals surface area contributed by atoms with Crippen LogP contribution in [0.1, 0.15) is 18.7 Å². The number of nitrogens with two attached hydrogens (primary N) is 1. The standard InChI is InChI=1S/C12H16N4O2.ClH/c13-9-3-5-16(6-4-9)8-11-14-12(15-18-11)10-2-1-7-17-10;/h1-2,7,9H,3-6,8,13H2;1H.